The van der Waals surface area contributed by atoms with Gasteiger partial charge in [0.05, 0.1) is 24.2 Å². The Kier molecular flexibility index (Phi) is 6.01. The van der Waals surface area contributed by atoms with Gasteiger partial charge in [-0.25, -0.2) is 4.39 Å². The first-order valence-corrected chi connectivity index (χ1v) is 11.0. The van der Waals surface area contributed by atoms with Crippen molar-refractivity contribution in [2.75, 3.05) is 11.1 Å². The van der Waals surface area contributed by atoms with E-state index in [2.05, 4.69) is 20.1 Å². The van der Waals surface area contributed by atoms with Gasteiger partial charge in [-0.2, -0.15) is 0 Å². The molecule has 4 aromatic rings. The Balaban J connectivity index is 1.39. The summed E-state index contributed by atoms with van der Waals surface area (Å²) in [5.41, 5.74) is 2.95. The summed E-state index contributed by atoms with van der Waals surface area (Å²) in [6, 6.07) is 12.0. The highest BCUT2D eigenvalue weighted by Crippen LogP contribution is 2.29. The molecule has 6 nitrogen and oxygen atoms in total. The predicted octanol–water partition coefficient (Wildman–Crippen LogP) is 5.46. The first-order chi connectivity index (χ1) is 14.5. The van der Waals surface area contributed by atoms with Crippen LogP contribution in [0.15, 0.2) is 57.5 Å². The number of aryl methyl sites for hydroxylation is 1. The molecule has 0 atom stereocenters. The third-order valence-electron chi connectivity index (χ3n) is 4.62. The molecule has 9 heteroatoms. The van der Waals surface area contributed by atoms with Crippen LogP contribution >= 0.6 is 23.1 Å². The van der Waals surface area contributed by atoms with Crippen LogP contribution in [0, 0.1) is 19.7 Å². The van der Waals surface area contributed by atoms with Gasteiger partial charge in [-0.15, -0.1) is 10.2 Å². The maximum Gasteiger partial charge on any atom is 0.210 e. The highest BCUT2D eigenvalue weighted by molar-refractivity contribution is 8.01. The molecule has 0 aliphatic heterocycles. The minimum Gasteiger partial charge on any atom is -0.467 e. The second-order valence-corrected chi connectivity index (χ2v) is 8.84. The Morgan fingerprint density at radius 2 is 2.07 bits per heavy atom. The molecule has 0 bridgehead atoms. The van der Waals surface area contributed by atoms with Gasteiger partial charge in [0.1, 0.15) is 11.6 Å². The van der Waals surface area contributed by atoms with Crippen molar-refractivity contribution in [2.45, 2.75) is 24.7 Å². The molecular weight excluding hydrogens is 423 g/mol. The van der Waals surface area contributed by atoms with E-state index in [0.717, 1.165) is 17.1 Å². The van der Waals surface area contributed by atoms with E-state index in [-0.39, 0.29) is 17.4 Å². The summed E-state index contributed by atoms with van der Waals surface area (Å²) in [5.74, 6) is 0.757. The third kappa shape index (κ3) is 4.47. The van der Waals surface area contributed by atoms with Crippen LogP contribution in [0.2, 0.25) is 0 Å². The van der Waals surface area contributed by atoms with Gasteiger partial charge >= 0.3 is 0 Å². The van der Waals surface area contributed by atoms with Gasteiger partial charge in [0.25, 0.3) is 0 Å². The van der Waals surface area contributed by atoms with Crippen molar-refractivity contribution in [3.8, 4) is 0 Å². The van der Waals surface area contributed by atoms with Crippen LogP contribution in [0.1, 0.15) is 27.5 Å². The van der Waals surface area contributed by atoms with E-state index < -0.39 is 0 Å². The predicted molar refractivity (Wildman–Crippen MR) is 116 cm³/mol. The van der Waals surface area contributed by atoms with Crippen LogP contribution in [0.5, 0.6) is 0 Å². The summed E-state index contributed by atoms with van der Waals surface area (Å²) in [5, 5.41) is 11.5. The van der Waals surface area contributed by atoms with Crippen molar-refractivity contribution in [2.24, 2.45) is 0 Å². The Labute approximate surface area is 181 Å². The van der Waals surface area contributed by atoms with Crippen LogP contribution in [0.4, 0.5) is 15.2 Å². The van der Waals surface area contributed by atoms with E-state index in [9.17, 15) is 9.18 Å². The number of carbonyl (C=O) groups is 1. The highest BCUT2D eigenvalue weighted by atomic mass is 32.2. The number of anilines is 2. The number of hydrogen-bond donors (Lipinski definition) is 1. The molecule has 0 aliphatic carbocycles. The number of nitrogens with zero attached hydrogens (tertiary/aromatic N) is 3. The number of rotatable bonds is 8. The first-order valence-electron chi connectivity index (χ1n) is 9.21. The summed E-state index contributed by atoms with van der Waals surface area (Å²) >= 11 is 2.60. The van der Waals surface area contributed by atoms with Crippen molar-refractivity contribution >= 4 is 39.7 Å². The summed E-state index contributed by atoms with van der Waals surface area (Å²) in [7, 11) is 0. The van der Waals surface area contributed by atoms with Crippen molar-refractivity contribution in [1.29, 1.82) is 0 Å². The Morgan fingerprint density at radius 3 is 2.83 bits per heavy atom. The average molecular weight is 443 g/mol. The molecule has 0 radical (unpaired) electrons. The highest BCUT2D eigenvalue weighted by Gasteiger charge is 2.18. The minimum absolute atomic E-state index is 0.0256. The third-order valence-corrected chi connectivity index (χ3v) is 6.59. The second kappa shape index (κ2) is 8.85. The summed E-state index contributed by atoms with van der Waals surface area (Å²) in [4.78, 5) is 12.8. The van der Waals surface area contributed by atoms with Crippen LogP contribution < -0.4 is 5.32 Å². The van der Waals surface area contributed by atoms with E-state index >= 15 is 0 Å². The Bertz CT molecular complexity index is 1170. The topological polar surface area (TPSA) is 73.0 Å². The maximum atomic E-state index is 13.8. The van der Waals surface area contributed by atoms with Crippen molar-refractivity contribution in [1.82, 2.24) is 14.8 Å². The van der Waals surface area contributed by atoms with E-state index in [0.29, 0.717) is 27.3 Å². The van der Waals surface area contributed by atoms with E-state index in [1.807, 2.05) is 32.0 Å². The number of ketones is 1. The zero-order valence-corrected chi connectivity index (χ0v) is 18.0. The van der Waals surface area contributed by atoms with Crippen molar-refractivity contribution < 1.29 is 13.6 Å². The zero-order chi connectivity index (χ0) is 21.1. The molecule has 4 rings (SSSR count). The summed E-state index contributed by atoms with van der Waals surface area (Å²) in [6.45, 7) is 4.51. The van der Waals surface area contributed by atoms with Crippen LogP contribution in [-0.4, -0.2) is 26.3 Å². The molecule has 3 aromatic heterocycles. The molecule has 154 valence electrons. The number of Topliss-reactive ketones (excluding diaryl/α,β-unsaturated/α-hetero) is 1. The molecule has 0 fully saturated rings. The Hall–Kier alpha value is -2.91. The van der Waals surface area contributed by atoms with E-state index in [1.165, 1.54) is 29.2 Å². The average Bonchev–Trinajstić information content (AvgIpc) is 3.46. The summed E-state index contributed by atoms with van der Waals surface area (Å²) < 4.78 is 21.9. The summed E-state index contributed by atoms with van der Waals surface area (Å²) in [6.07, 6.45) is 1.64. The van der Waals surface area contributed by atoms with E-state index in [1.54, 1.807) is 24.5 Å². The lowest BCUT2D eigenvalue weighted by Crippen LogP contribution is -2.07. The van der Waals surface area contributed by atoms with Crippen molar-refractivity contribution in [3.63, 3.8) is 0 Å². The molecule has 0 aliphatic rings. The molecule has 1 N–H and O–H groups in total. The number of thioether (sulfide) groups is 1. The number of halogens is 1. The molecule has 0 spiro atoms. The van der Waals surface area contributed by atoms with Gasteiger partial charge in [0.2, 0.25) is 5.13 Å². The number of aromatic nitrogens is 3. The SMILES string of the molecule is Cc1cc(C(=O)CSc2nnc(Nc3ccccc3F)s2)c(C)n1Cc1ccco1. The lowest BCUT2D eigenvalue weighted by molar-refractivity contribution is 0.102. The molecule has 1 aromatic carbocycles. The lowest BCUT2D eigenvalue weighted by atomic mass is 10.2. The number of hydrogen-bond acceptors (Lipinski definition) is 7. The molecule has 30 heavy (non-hydrogen) atoms. The molecule has 3 heterocycles. The largest absolute Gasteiger partial charge is 0.467 e. The van der Waals surface area contributed by atoms with Gasteiger partial charge < -0.3 is 14.3 Å². The number of furan rings is 1. The normalized spacial score (nSPS) is 11.0. The standard InChI is InChI=1S/C21H19FN4O2S2/c1-13-10-16(14(2)26(13)11-15-6-5-9-28-15)19(27)12-29-21-25-24-20(30-21)23-18-8-4-3-7-17(18)22/h3-10H,11-12H2,1-2H3,(H,23,24). The second-order valence-electron chi connectivity index (χ2n) is 6.64. The molecular formula is C21H19FN4O2S2. The fourth-order valence-corrected chi connectivity index (χ4v) is 4.73. The van der Waals surface area contributed by atoms with Gasteiger partial charge in [0.15, 0.2) is 10.1 Å². The molecule has 0 amide bonds. The number of nitrogens with one attached hydrogen (secondary N) is 1. The van der Waals surface area contributed by atoms with Crippen LogP contribution in [0.3, 0.4) is 0 Å². The quantitative estimate of drug-likeness (QED) is 0.289. The number of para-hydroxylation sites is 1. The van der Waals surface area contributed by atoms with Crippen LogP contribution in [0.25, 0.3) is 0 Å². The van der Waals surface area contributed by atoms with Gasteiger partial charge in [-0.05, 0) is 44.2 Å². The van der Waals surface area contributed by atoms with Crippen molar-refractivity contribution in [3.05, 3.63) is 77.3 Å². The molecule has 0 unspecified atom stereocenters. The van der Waals surface area contributed by atoms with Gasteiger partial charge in [-0.3, -0.25) is 4.79 Å². The fourth-order valence-electron chi connectivity index (χ4n) is 3.09. The zero-order valence-electron chi connectivity index (χ0n) is 16.4. The molecule has 0 saturated carbocycles. The fraction of sp³-hybridized carbons (Fsp3) is 0.190. The smallest absolute Gasteiger partial charge is 0.210 e. The number of benzene rings is 1. The molecule has 0 saturated heterocycles. The maximum absolute atomic E-state index is 13.8. The van der Waals surface area contributed by atoms with E-state index in [4.69, 9.17) is 4.42 Å². The Morgan fingerprint density at radius 1 is 1.23 bits per heavy atom. The monoisotopic (exact) mass is 442 g/mol. The number of carbonyl (C=O) groups excluding carboxylic acids is 1. The first kappa shape index (κ1) is 20.4. The lowest BCUT2D eigenvalue weighted by Gasteiger charge is -2.07. The van der Waals surface area contributed by atoms with Gasteiger partial charge in [-0.1, -0.05) is 35.2 Å². The van der Waals surface area contributed by atoms with Gasteiger partial charge in [0, 0.05) is 17.0 Å². The van der Waals surface area contributed by atoms with Crippen LogP contribution in [-0.2, 0) is 6.54 Å². The minimum atomic E-state index is -0.359.